The smallest absolute Gasteiger partial charge is 0.138 e. The zero-order valence-corrected chi connectivity index (χ0v) is 12.8. The molecule has 5 heteroatoms. The Kier molecular flexibility index (Phi) is 4.68. The average Bonchev–Trinajstić information content (AvgIpc) is 2.86. The van der Waals surface area contributed by atoms with Gasteiger partial charge in [-0.3, -0.25) is 0 Å². The van der Waals surface area contributed by atoms with Gasteiger partial charge < -0.3 is 15.5 Å². The van der Waals surface area contributed by atoms with Crippen molar-refractivity contribution in [2.24, 2.45) is 0 Å². The molecule has 1 aromatic carbocycles. The van der Waals surface area contributed by atoms with Gasteiger partial charge in [-0.25, -0.2) is 4.39 Å². The van der Waals surface area contributed by atoms with Gasteiger partial charge in [-0.1, -0.05) is 0 Å². The third-order valence-electron chi connectivity index (χ3n) is 2.90. The van der Waals surface area contributed by atoms with Crippen LogP contribution in [0.4, 0.5) is 15.8 Å². The van der Waals surface area contributed by atoms with Crippen LogP contribution < -0.4 is 11.1 Å². The second-order valence-corrected chi connectivity index (χ2v) is 5.68. The number of benzene rings is 1. The first-order valence-corrected chi connectivity index (χ1v) is 7.17. The fraction of sp³-hybridized carbons (Fsp3) is 0.286. The number of nitrogens with two attached hydrogens (primary N) is 1. The van der Waals surface area contributed by atoms with Crippen molar-refractivity contribution in [3.05, 3.63) is 45.7 Å². The van der Waals surface area contributed by atoms with E-state index in [0.717, 1.165) is 18.6 Å². The molecule has 0 saturated carbocycles. The lowest BCUT2D eigenvalue weighted by molar-refractivity contribution is 0.495. The topological polar surface area (TPSA) is 51.2 Å². The Morgan fingerprint density at radius 2 is 2.26 bits per heavy atom. The molecule has 1 heterocycles. The van der Waals surface area contributed by atoms with Crippen molar-refractivity contribution in [2.45, 2.75) is 25.8 Å². The summed E-state index contributed by atoms with van der Waals surface area (Å²) in [5, 5.41) is 3.23. The van der Waals surface area contributed by atoms with Crippen molar-refractivity contribution in [1.82, 2.24) is 0 Å². The number of aryl methyl sites for hydroxylation is 1. The largest absolute Gasteiger partial charge is 0.469 e. The van der Waals surface area contributed by atoms with Crippen LogP contribution in [0.25, 0.3) is 0 Å². The Morgan fingerprint density at radius 1 is 1.47 bits per heavy atom. The van der Waals surface area contributed by atoms with Gasteiger partial charge in [0.1, 0.15) is 11.6 Å². The summed E-state index contributed by atoms with van der Waals surface area (Å²) in [6.07, 6.45) is 3.40. The van der Waals surface area contributed by atoms with Crippen molar-refractivity contribution < 1.29 is 8.81 Å². The molecule has 1 unspecified atom stereocenters. The maximum atomic E-state index is 13.5. The van der Waals surface area contributed by atoms with Crippen molar-refractivity contribution in [3.8, 4) is 0 Å². The monoisotopic (exact) mass is 374 g/mol. The fourth-order valence-electron chi connectivity index (χ4n) is 1.84. The number of nitrogens with one attached hydrogen (secondary N) is 1. The van der Waals surface area contributed by atoms with Crippen LogP contribution in [0.2, 0.25) is 0 Å². The third-order valence-corrected chi connectivity index (χ3v) is 3.72. The lowest BCUT2D eigenvalue weighted by atomic mass is 10.1. The van der Waals surface area contributed by atoms with Crippen molar-refractivity contribution in [3.63, 3.8) is 0 Å². The first-order valence-electron chi connectivity index (χ1n) is 6.09. The van der Waals surface area contributed by atoms with E-state index in [2.05, 4.69) is 5.32 Å². The Bertz CT molecular complexity index is 543. The summed E-state index contributed by atoms with van der Waals surface area (Å²) in [6, 6.07) is 7.09. The van der Waals surface area contributed by atoms with E-state index < -0.39 is 0 Å². The van der Waals surface area contributed by atoms with Gasteiger partial charge >= 0.3 is 0 Å². The Hall–Kier alpha value is -1.24. The quantitative estimate of drug-likeness (QED) is 0.614. The molecule has 0 radical (unpaired) electrons. The van der Waals surface area contributed by atoms with E-state index in [4.69, 9.17) is 10.2 Å². The van der Waals surface area contributed by atoms with E-state index in [1.807, 2.05) is 41.6 Å². The molecule has 0 spiro atoms. The molecule has 0 amide bonds. The first-order chi connectivity index (χ1) is 9.06. The molecule has 0 bridgehead atoms. The molecular formula is C14H16FIN2O. The standard InChI is InChI=1S/C14H16FIN2O/c1-9(4-5-10-3-2-6-19-10)18-14-7-11(15)12(16)8-13(14)17/h2-3,6-9,18H,4-5,17H2,1H3. The van der Waals surface area contributed by atoms with E-state index in [1.165, 1.54) is 6.07 Å². The fourth-order valence-corrected chi connectivity index (χ4v) is 2.33. The summed E-state index contributed by atoms with van der Waals surface area (Å²) >= 11 is 1.93. The summed E-state index contributed by atoms with van der Waals surface area (Å²) in [5.74, 6) is 0.700. The highest BCUT2D eigenvalue weighted by Gasteiger charge is 2.09. The van der Waals surface area contributed by atoms with Crippen LogP contribution >= 0.6 is 22.6 Å². The second-order valence-electron chi connectivity index (χ2n) is 4.52. The van der Waals surface area contributed by atoms with E-state index >= 15 is 0 Å². The van der Waals surface area contributed by atoms with Gasteiger partial charge in [0.25, 0.3) is 0 Å². The number of hydrogen-bond donors (Lipinski definition) is 2. The summed E-state index contributed by atoms with van der Waals surface area (Å²) in [5.41, 5.74) is 7.09. The van der Waals surface area contributed by atoms with E-state index in [1.54, 1.807) is 12.3 Å². The highest BCUT2D eigenvalue weighted by atomic mass is 127. The normalized spacial score (nSPS) is 12.4. The molecule has 2 aromatic rings. The summed E-state index contributed by atoms with van der Waals surface area (Å²) < 4.78 is 19.3. The van der Waals surface area contributed by atoms with E-state index in [-0.39, 0.29) is 11.9 Å². The second kappa shape index (κ2) is 6.27. The highest BCUT2D eigenvalue weighted by Crippen LogP contribution is 2.25. The molecule has 0 fully saturated rings. The molecule has 0 aliphatic carbocycles. The molecule has 3 N–H and O–H groups in total. The van der Waals surface area contributed by atoms with Crippen LogP contribution in [-0.4, -0.2) is 6.04 Å². The predicted molar refractivity (Wildman–Crippen MR) is 83.6 cm³/mol. The zero-order valence-electron chi connectivity index (χ0n) is 10.6. The van der Waals surface area contributed by atoms with Crippen LogP contribution in [0.15, 0.2) is 34.9 Å². The number of furan rings is 1. The van der Waals surface area contributed by atoms with Crippen LogP contribution in [0.5, 0.6) is 0 Å². The zero-order chi connectivity index (χ0) is 13.8. The average molecular weight is 374 g/mol. The summed E-state index contributed by atoms with van der Waals surface area (Å²) in [4.78, 5) is 0. The van der Waals surface area contributed by atoms with Crippen LogP contribution in [0, 0.1) is 9.39 Å². The molecule has 0 aliphatic rings. The first kappa shape index (κ1) is 14.2. The van der Waals surface area contributed by atoms with Gasteiger partial charge in [0, 0.05) is 18.5 Å². The molecule has 3 nitrogen and oxygen atoms in total. The van der Waals surface area contributed by atoms with Gasteiger partial charge in [0.05, 0.1) is 21.2 Å². The molecule has 19 heavy (non-hydrogen) atoms. The molecular weight excluding hydrogens is 358 g/mol. The van der Waals surface area contributed by atoms with Crippen LogP contribution in [0.1, 0.15) is 19.1 Å². The Morgan fingerprint density at radius 3 is 2.95 bits per heavy atom. The lowest BCUT2D eigenvalue weighted by Gasteiger charge is -2.16. The summed E-state index contributed by atoms with van der Waals surface area (Å²) in [7, 11) is 0. The van der Waals surface area contributed by atoms with Crippen molar-refractivity contribution in [2.75, 3.05) is 11.1 Å². The van der Waals surface area contributed by atoms with Gasteiger partial charge in [0.15, 0.2) is 0 Å². The Labute approximate surface area is 125 Å². The minimum absolute atomic E-state index is 0.187. The molecule has 1 aromatic heterocycles. The predicted octanol–water partition coefficient (Wildman–Crippen LogP) is 4.04. The third kappa shape index (κ3) is 3.86. The van der Waals surface area contributed by atoms with Crippen molar-refractivity contribution >= 4 is 34.0 Å². The molecule has 102 valence electrons. The SMILES string of the molecule is CC(CCc1ccco1)Nc1cc(F)c(I)cc1N. The maximum Gasteiger partial charge on any atom is 0.138 e. The number of rotatable bonds is 5. The number of anilines is 2. The van der Waals surface area contributed by atoms with Gasteiger partial charge in [0.2, 0.25) is 0 Å². The number of halogens is 2. The maximum absolute atomic E-state index is 13.5. The number of nitrogen functional groups attached to an aromatic ring is 1. The summed E-state index contributed by atoms with van der Waals surface area (Å²) in [6.45, 7) is 2.04. The highest BCUT2D eigenvalue weighted by molar-refractivity contribution is 14.1. The minimum atomic E-state index is -0.254. The lowest BCUT2D eigenvalue weighted by Crippen LogP contribution is -2.17. The van der Waals surface area contributed by atoms with Gasteiger partial charge in [-0.2, -0.15) is 0 Å². The molecule has 2 rings (SSSR count). The minimum Gasteiger partial charge on any atom is -0.469 e. The molecule has 0 aliphatic heterocycles. The van der Waals surface area contributed by atoms with Crippen LogP contribution in [0.3, 0.4) is 0 Å². The van der Waals surface area contributed by atoms with E-state index in [0.29, 0.717) is 14.9 Å². The van der Waals surface area contributed by atoms with Gasteiger partial charge in [-0.05, 0) is 54.1 Å². The Balaban J connectivity index is 1.95. The molecule has 1 atom stereocenters. The van der Waals surface area contributed by atoms with Crippen LogP contribution in [-0.2, 0) is 6.42 Å². The van der Waals surface area contributed by atoms with Crippen molar-refractivity contribution in [1.29, 1.82) is 0 Å². The van der Waals surface area contributed by atoms with E-state index in [9.17, 15) is 4.39 Å². The molecule has 0 saturated heterocycles. The number of hydrogen-bond acceptors (Lipinski definition) is 3. The van der Waals surface area contributed by atoms with Gasteiger partial charge in [-0.15, -0.1) is 0 Å².